The Bertz CT molecular complexity index is 276. The second kappa shape index (κ2) is 5.49. The highest BCUT2D eigenvalue weighted by atomic mass is 32.2. The van der Waals surface area contributed by atoms with Crippen molar-refractivity contribution in [3.05, 3.63) is 0 Å². The van der Waals surface area contributed by atoms with Gasteiger partial charge >= 0.3 is 0 Å². The molecule has 0 atom stereocenters. The molecule has 0 saturated carbocycles. The Morgan fingerprint density at radius 1 is 1.14 bits per heavy atom. The van der Waals surface area contributed by atoms with Gasteiger partial charge in [0.15, 0.2) is 9.84 Å². The van der Waals surface area contributed by atoms with Crippen molar-refractivity contribution < 1.29 is 13.2 Å². The summed E-state index contributed by atoms with van der Waals surface area (Å²) in [6.45, 7) is 7.39. The van der Waals surface area contributed by atoms with Gasteiger partial charge in [-0.05, 0) is 12.3 Å². The van der Waals surface area contributed by atoms with Gasteiger partial charge < -0.3 is 0 Å². The summed E-state index contributed by atoms with van der Waals surface area (Å²) in [7, 11) is -3.17. The summed E-state index contributed by atoms with van der Waals surface area (Å²) in [6, 6.07) is 0. The predicted molar refractivity (Wildman–Crippen MR) is 58.0 cm³/mol. The van der Waals surface area contributed by atoms with E-state index in [-0.39, 0.29) is 23.2 Å². The molecule has 3 nitrogen and oxygen atoms in total. The lowest BCUT2D eigenvalue weighted by molar-refractivity contribution is -0.119. The summed E-state index contributed by atoms with van der Waals surface area (Å²) >= 11 is 0. The molecule has 0 amide bonds. The maximum Gasteiger partial charge on any atom is 0.157 e. The zero-order chi connectivity index (χ0) is 11.4. The van der Waals surface area contributed by atoms with E-state index in [9.17, 15) is 13.2 Å². The smallest absolute Gasteiger partial charge is 0.157 e. The average Bonchev–Trinajstić information content (AvgIpc) is 2.00. The molecule has 84 valence electrons. The first-order valence-electron chi connectivity index (χ1n) is 4.97. The quantitative estimate of drug-likeness (QED) is 0.684. The van der Waals surface area contributed by atoms with Crippen molar-refractivity contribution in [2.24, 2.45) is 11.8 Å². The Balaban J connectivity index is 4.15. The van der Waals surface area contributed by atoms with Crippen molar-refractivity contribution >= 4 is 15.6 Å². The van der Waals surface area contributed by atoms with Gasteiger partial charge in [0.25, 0.3) is 0 Å². The van der Waals surface area contributed by atoms with Crippen molar-refractivity contribution in [3.8, 4) is 0 Å². The summed E-state index contributed by atoms with van der Waals surface area (Å²) in [5.41, 5.74) is 0. The van der Waals surface area contributed by atoms with Crippen LogP contribution >= 0.6 is 0 Å². The van der Waals surface area contributed by atoms with E-state index in [2.05, 4.69) is 0 Å². The predicted octanol–water partition coefficient (Wildman–Crippen LogP) is 1.67. The Morgan fingerprint density at radius 3 is 2.00 bits per heavy atom. The second-order valence-electron chi connectivity index (χ2n) is 4.40. The van der Waals surface area contributed by atoms with E-state index in [1.807, 2.05) is 13.8 Å². The van der Waals surface area contributed by atoms with Crippen molar-refractivity contribution in [2.45, 2.75) is 34.1 Å². The number of ketones is 1. The zero-order valence-electron chi connectivity index (χ0n) is 9.41. The van der Waals surface area contributed by atoms with Crippen LogP contribution in [0, 0.1) is 11.8 Å². The Morgan fingerprint density at radius 2 is 1.64 bits per heavy atom. The van der Waals surface area contributed by atoms with E-state index in [1.165, 1.54) is 0 Å². The third kappa shape index (κ3) is 6.13. The first kappa shape index (κ1) is 13.6. The molecule has 0 heterocycles. The number of carbonyl (C=O) groups is 1. The van der Waals surface area contributed by atoms with Crippen molar-refractivity contribution in [2.75, 3.05) is 11.5 Å². The standard InChI is InChI=1S/C10H20O3S/c1-8(2)5-6-14(12,13)7-10(11)9(3)4/h8-9H,5-7H2,1-4H3. The van der Waals surface area contributed by atoms with Gasteiger partial charge in [-0.15, -0.1) is 0 Å². The highest BCUT2D eigenvalue weighted by Crippen LogP contribution is 2.06. The van der Waals surface area contributed by atoms with Crippen molar-refractivity contribution in [1.29, 1.82) is 0 Å². The number of hydrogen-bond donors (Lipinski definition) is 0. The molecule has 0 saturated heterocycles. The molecule has 0 aromatic heterocycles. The first-order valence-corrected chi connectivity index (χ1v) is 6.80. The molecule has 4 heteroatoms. The molecule has 14 heavy (non-hydrogen) atoms. The van der Waals surface area contributed by atoms with E-state index in [0.29, 0.717) is 12.3 Å². The summed E-state index contributed by atoms with van der Waals surface area (Å²) in [5.74, 6) is -0.183. The summed E-state index contributed by atoms with van der Waals surface area (Å²) in [6.07, 6.45) is 0.633. The lowest BCUT2D eigenvalue weighted by Gasteiger charge is -2.07. The topological polar surface area (TPSA) is 51.2 Å². The van der Waals surface area contributed by atoms with Crippen LogP contribution in [0.15, 0.2) is 0 Å². The Kier molecular flexibility index (Phi) is 5.34. The SMILES string of the molecule is CC(C)CCS(=O)(=O)CC(=O)C(C)C. The van der Waals surface area contributed by atoms with E-state index >= 15 is 0 Å². The van der Waals surface area contributed by atoms with Crippen LogP contribution in [0.25, 0.3) is 0 Å². The Labute approximate surface area is 86.8 Å². The molecule has 0 unspecified atom stereocenters. The number of Topliss-reactive ketones (excluding diaryl/α,β-unsaturated/α-hetero) is 1. The lowest BCUT2D eigenvalue weighted by atomic mass is 10.1. The third-order valence-electron chi connectivity index (χ3n) is 2.01. The molecular weight excluding hydrogens is 200 g/mol. The van der Waals surface area contributed by atoms with Gasteiger partial charge in [0.1, 0.15) is 11.5 Å². The van der Waals surface area contributed by atoms with Gasteiger partial charge in [-0.1, -0.05) is 27.7 Å². The van der Waals surface area contributed by atoms with Crippen molar-refractivity contribution in [1.82, 2.24) is 0 Å². The first-order chi connectivity index (χ1) is 6.24. The maximum absolute atomic E-state index is 11.4. The Hall–Kier alpha value is -0.380. The van der Waals surface area contributed by atoms with Crippen LogP contribution in [0.2, 0.25) is 0 Å². The number of carbonyl (C=O) groups excluding carboxylic acids is 1. The van der Waals surface area contributed by atoms with Crippen molar-refractivity contribution in [3.63, 3.8) is 0 Å². The minimum absolute atomic E-state index is 0.128. The van der Waals surface area contributed by atoms with E-state index in [1.54, 1.807) is 13.8 Å². The fourth-order valence-corrected chi connectivity index (χ4v) is 2.61. The van der Waals surface area contributed by atoms with Gasteiger partial charge in [0.2, 0.25) is 0 Å². The third-order valence-corrected chi connectivity index (χ3v) is 3.59. The van der Waals surface area contributed by atoms with Gasteiger partial charge in [-0.25, -0.2) is 8.42 Å². The van der Waals surface area contributed by atoms with Gasteiger partial charge in [0.05, 0.1) is 5.75 Å². The number of rotatable bonds is 6. The molecule has 0 radical (unpaired) electrons. The fourth-order valence-electron chi connectivity index (χ4n) is 0.871. The van der Waals surface area contributed by atoms with E-state index < -0.39 is 9.84 Å². The molecule has 0 aliphatic carbocycles. The maximum atomic E-state index is 11.4. The average molecular weight is 220 g/mol. The normalized spacial score (nSPS) is 12.4. The van der Waals surface area contributed by atoms with Gasteiger partial charge in [-0.3, -0.25) is 4.79 Å². The minimum Gasteiger partial charge on any atom is -0.298 e. The van der Waals surface area contributed by atoms with Crippen LogP contribution in [0.3, 0.4) is 0 Å². The summed E-state index contributed by atoms with van der Waals surface area (Å²) in [4.78, 5) is 11.2. The summed E-state index contributed by atoms with van der Waals surface area (Å²) in [5, 5.41) is 0. The lowest BCUT2D eigenvalue weighted by Crippen LogP contribution is -2.23. The van der Waals surface area contributed by atoms with E-state index in [4.69, 9.17) is 0 Å². The zero-order valence-corrected chi connectivity index (χ0v) is 10.2. The molecule has 0 aromatic rings. The molecule has 0 aliphatic rings. The second-order valence-corrected chi connectivity index (χ2v) is 6.58. The highest BCUT2D eigenvalue weighted by molar-refractivity contribution is 7.92. The van der Waals surface area contributed by atoms with Crippen LogP contribution in [-0.4, -0.2) is 25.7 Å². The van der Waals surface area contributed by atoms with Gasteiger partial charge in [0, 0.05) is 5.92 Å². The largest absolute Gasteiger partial charge is 0.298 e. The molecule has 0 aromatic carbocycles. The van der Waals surface area contributed by atoms with Crippen LogP contribution in [-0.2, 0) is 14.6 Å². The molecule has 0 fully saturated rings. The summed E-state index contributed by atoms with van der Waals surface area (Å²) < 4.78 is 22.9. The molecule has 0 rings (SSSR count). The molecule has 0 spiro atoms. The van der Waals surface area contributed by atoms with Crippen LogP contribution in [0.5, 0.6) is 0 Å². The van der Waals surface area contributed by atoms with Crippen LogP contribution in [0.1, 0.15) is 34.1 Å². The number of sulfone groups is 1. The molecule has 0 N–H and O–H groups in total. The highest BCUT2D eigenvalue weighted by Gasteiger charge is 2.18. The molecule has 0 aliphatic heterocycles. The monoisotopic (exact) mass is 220 g/mol. The van der Waals surface area contributed by atoms with Gasteiger partial charge in [-0.2, -0.15) is 0 Å². The molecular formula is C10H20O3S. The van der Waals surface area contributed by atoms with E-state index in [0.717, 1.165) is 0 Å². The minimum atomic E-state index is -3.17. The number of hydrogen-bond acceptors (Lipinski definition) is 3. The fraction of sp³-hybridized carbons (Fsp3) is 0.900. The van der Waals surface area contributed by atoms with Crippen LogP contribution < -0.4 is 0 Å². The molecule has 0 bridgehead atoms. The van der Waals surface area contributed by atoms with Crippen LogP contribution in [0.4, 0.5) is 0 Å².